The number of anilines is 2. The minimum Gasteiger partial charge on any atom is -0.321 e. The number of benzene rings is 1. The molecule has 0 atom stereocenters. The van der Waals surface area contributed by atoms with E-state index in [-0.39, 0.29) is 5.69 Å². The van der Waals surface area contributed by atoms with Crippen LogP contribution in [0.25, 0.3) is 16.2 Å². The minimum atomic E-state index is -0.426. The topological polar surface area (TPSA) is 106 Å². The monoisotopic (exact) mass is 457 g/mol. The molecule has 5 rings (SSSR count). The van der Waals surface area contributed by atoms with Gasteiger partial charge in [-0.25, -0.2) is 9.50 Å². The van der Waals surface area contributed by atoms with Crippen molar-refractivity contribution < 1.29 is 9.59 Å². The Kier molecular flexibility index (Phi) is 5.41. The van der Waals surface area contributed by atoms with Crippen LogP contribution in [0.15, 0.2) is 72.5 Å². The molecule has 0 radical (unpaired) electrons. The smallest absolute Gasteiger partial charge is 0.278 e. The molecule has 0 aliphatic carbocycles. The second-order valence-electron chi connectivity index (χ2n) is 7.12. The predicted molar refractivity (Wildman–Crippen MR) is 127 cm³/mol. The Morgan fingerprint density at radius 2 is 1.88 bits per heavy atom. The van der Waals surface area contributed by atoms with Crippen LogP contribution in [0, 0.1) is 0 Å². The summed E-state index contributed by atoms with van der Waals surface area (Å²) in [6, 6.07) is 14.9. The van der Waals surface area contributed by atoms with Gasteiger partial charge in [0.25, 0.3) is 11.8 Å². The zero-order valence-electron chi connectivity index (χ0n) is 17.6. The van der Waals surface area contributed by atoms with E-state index in [2.05, 4.69) is 25.8 Å². The molecule has 5 aromatic rings. The number of para-hydroxylation sites is 1. The molecule has 4 heterocycles. The van der Waals surface area contributed by atoms with E-state index in [9.17, 15) is 9.59 Å². The SMILES string of the molecule is CCn1cc(NC(=O)c2cnn3c(-c4cccs4)ccnc23)c(C(=O)Nc2ccccc2)n1. The summed E-state index contributed by atoms with van der Waals surface area (Å²) in [5, 5.41) is 16.3. The molecule has 2 N–H and O–H groups in total. The number of aryl methyl sites for hydroxylation is 1. The standard InChI is InChI=1S/C23H19N7O2S/c1-2-29-14-17(20(28-29)23(32)26-15-7-4-3-5-8-15)27-22(31)16-13-25-30-18(10-11-24-21(16)30)19-9-6-12-33-19/h3-14H,2H2,1H3,(H,26,32)(H,27,31). The lowest BCUT2D eigenvalue weighted by Gasteiger charge is -2.06. The number of carbonyl (C=O) groups excluding carboxylic acids is 2. The molecule has 0 saturated carbocycles. The van der Waals surface area contributed by atoms with E-state index in [0.717, 1.165) is 10.6 Å². The molecule has 164 valence electrons. The van der Waals surface area contributed by atoms with Gasteiger partial charge in [-0.2, -0.15) is 10.2 Å². The van der Waals surface area contributed by atoms with E-state index in [1.165, 1.54) is 6.20 Å². The lowest BCUT2D eigenvalue weighted by molar-refractivity contribution is 0.102. The number of nitrogens with one attached hydrogen (secondary N) is 2. The molecular formula is C23H19N7O2S. The van der Waals surface area contributed by atoms with Gasteiger partial charge in [0.05, 0.1) is 22.5 Å². The van der Waals surface area contributed by atoms with Gasteiger partial charge in [-0.05, 0) is 36.6 Å². The first-order valence-corrected chi connectivity index (χ1v) is 11.1. The fourth-order valence-electron chi connectivity index (χ4n) is 3.41. The fraction of sp³-hybridized carbons (Fsp3) is 0.0870. The van der Waals surface area contributed by atoms with Crippen LogP contribution in [0.3, 0.4) is 0 Å². The third-order valence-electron chi connectivity index (χ3n) is 5.00. The predicted octanol–water partition coefficient (Wildman–Crippen LogP) is 4.18. The summed E-state index contributed by atoms with van der Waals surface area (Å²) >= 11 is 1.58. The van der Waals surface area contributed by atoms with Crippen molar-refractivity contribution in [3.8, 4) is 10.6 Å². The highest BCUT2D eigenvalue weighted by Crippen LogP contribution is 2.26. The van der Waals surface area contributed by atoms with Crippen molar-refractivity contribution in [2.75, 3.05) is 10.6 Å². The van der Waals surface area contributed by atoms with Gasteiger partial charge >= 0.3 is 0 Å². The highest BCUT2D eigenvalue weighted by atomic mass is 32.1. The summed E-state index contributed by atoms with van der Waals surface area (Å²) in [4.78, 5) is 31.4. The minimum absolute atomic E-state index is 0.123. The highest BCUT2D eigenvalue weighted by Gasteiger charge is 2.22. The number of rotatable bonds is 6. The molecule has 1 aromatic carbocycles. The van der Waals surface area contributed by atoms with Gasteiger partial charge in [0.1, 0.15) is 5.56 Å². The van der Waals surface area contributed by atoms with Gasteiger partial charge < -0.3 is 10.6 Å². The van der Waals surface area contributed by atoms with Crippen LogP contribution in [-0.2, 0) is 6.54 Å². The molecular weight excluding hydrogens is 438 g/mol. The van der Waals surface area contributed by atoms with Crippen molar-refractivity contribution in [1.29, 1.82) is 0 Å². The zero-order valence-corrected chi connectivity index (χ0v) is 18.4. The largest absolute Gasteiger partial charge is 0.321 e. The summed E-state index contributed by atoms with van der Waals surface area (Å²) in [5.74, 6) is -0.841. The number of nitrogens with zero attached hydrogens (tertiary/aromatic N) is 5. The van der Waals surface area contributed by atoms with Crippen LogP contribution in [0.2, 0.25) is 0 Å². The Labute approximate surface area is 192 Å². The Morgan fingerprint density at radius 3 is 2.64 bits per heavy atom. The van der Waals surface area contributed by atoms with E-state index < -0.39 is 11.8 Å². The van der Waals surface area contributed by atoms with Gasteiger partial charge in [-0.15, -0.1) is 11.3 Å². The summed E-state index contributed by atoms with van der Waals surface area (Å²) in [6.45, 7) is 2.45. The average Bonchev–Trinajstić information content (AvgIpc) is 3.59. The lowest BCUT2D eigenvalue weighted by atomic mass is 10.2. The molecule has 10 heteroatoms. The number of hydrogen-bond acceptors (Lipinski definition) is 6. The Morgan fingerprint density at radius 1 is 1.03 bits per heavy atom. The number of amides is 2. The summed E-state index contributed by atoms with van der Waals surface area (Å²) in [5.41, 5.74) is 2.64. The van der Waals surface area contributed by atoms with Crippen LogP contribution < -0.4 is 10.6 Å². The summed E-state index contributed by atoms with van der Waals surface area (Å²) < 4.78 is 3.23. The second-order valence-corrected chi connectivity index (χ2v) is 8.07. The summed E-state index contributed by atoms with van der Waals surface area (Å²) in [7, 11) is 0. The maximum absolute atomic E-state index is 13.1. The zero-order chi connectivity index (χ0) is 22.8. The average molecular weight is 458 g/mol. The number of carbonyl (C=O) groups is 2. The number of fused-ring (bicyclic) bond motifs is 1. The van der Waals surface area contributed by atoms with Gasteiger partial charge in [0.2, 0.25) is 0 Å². The molecule has 0 aliphatic rings. The third kappa shape index (κ3) is 3.99. The normalized spacial score (nSPS) is 10.9. The number of thiophene rings is 1. The molecule has 9 nitrogen and oxygen atoms in total. The van der Waals surface area contributed by atoms with E-state index in [1.54, 1.807) is 45.1 Å². The fourth-order valence-corrected chi connectivity index (χ4v) is 4.14. The van der Waals surface area contributed by atoms with Crippen molar-refractivity contribution in [2.24, 2.45) is 0 Å². The van der Waals surface area contributed by atoms with Crippen LogP contribution in [0.1, 0.15) is 27.8 Å². The lowest BCUT2D eigenvalue weighted by Crippen LogP contribution is -2.18. The first-order valence-electron chi connectivity index (χ1n) is 10.3. The number of hydrogen-bond donors (Lipinski definition) is 2. The Bertz CT molecular complexity index is 1440. The highest BCUT2D eigenvalue weighted by molar-refractivity contribution is 7.13. The number of aromatic nitrogens is 5. The molecule has 0 saturated heterocycles. The molecule has 4 aromatic heterocycles. The van der Waals surface area contributed by atoms with Crippen molar-refractivity contribution in [3.05, 3.63) is 83.8 Å². The molecule has 2 amide bonds. The van der Waals surface area contributed by atoms with Crippen LogP contribution >= 0.6 is 11.3 Å². The molecule has 0 unspecified atom stereocenters. The van der Waals surface area contributed by atoms with E-state index in [4.69, 9.17) is 0 Å². The summed E-state index contributed by atoms with van der Waals surface area (Å²) in [6.07, 6.45) is 4.76. The second kappa shape index (κ2) is 8.67. The molecule has 33 heavy (non-hydrogen) atoms. The molecule has 0 bridgehead atoms. The van der Waals surface area contributed by atoms with Gasteiger partial charge in [-0.3, -0.25) is 14.3 Å². The van der Waals surface area contributed by atoms with E-state index in [1.807, 2.05) is 48.7 Å². The first-order chi connectivity index (χ1) is 16.1. The van der Waals surface area contributed by atoms with Crippen molar-refractivity contribution in [2.45, 2.75) is 13.5 Å². The van der Waals surface area contributed by atoms with Crippen molar-refractivity contribution >= 4 is 40.2 Å². The third-order valence-corrected chi connectivity index (χ3v) is 5.89. The maximum atomic E-state index is 13.1. The van der Waals surface area contributed by atoms with Crippen LogP contribution in [-0.4, -0.2) is 36.2 Å². The molecule has 0 aliphatic heterocycles. The first kappa shape index (κ1) is 20.6. The maximum Gasteiger partial charge on any atom is 0.278 e. The van der Waals surface area contributed by atoms with E-state index in [0.29, 0.717) is 29.1 Å². The van der Waals surface area contributed by atoms with E-state index >= 15 is 0 Å². The molecule has 0 spiro atoms. The van der Waals surface area contributed by atoms with Crippen LogP contribution in [0.4, 0.5) is 11.4 Å². The van der Waals surface area contributed by atoms with Crippen molar-refractivity contribution in [3.63, 3.8) is 0 Å². The Hall–Kier alpha value is -4.31. The van der Waals surface area contributed by atoms with Crippen molar-refractivity contribution in [1.82, 2.24) is 24.4 Å². The van der Waals surface area contributed by atoms with Gasteiger partial charge in [0.15, 0.2) is 11.3 Å². The quantitative estimate of drug-likeness (QED) is 0.398. The Balaban J connectivity index is 1.45. The molecule has 0 fully saturated rings. The van der Waals surface area contributed by atoms with Gasteiger partial charge in [-0.1, -0.05) is 24.3 Å². The van der Waals surface area contributed by atoms with Crippen LogP contribution in [0.5, 0.6) is 0 Å². The van der Waals surface area contributed by atoms with Gasteiger partial charge in [0, 0.05) is 24.6 Å².